The van der Waals surface area contributed by atoms with Gasteiger partial charge in [0.1, 0.15) is 0 Å². The second-order valence-electron chi connectivity index (χ2n) is 9.29. The third-order valence-electron chi connectivity index (χ3n) is 7.00. The van der Waals surface area contributed by atoms with Crippen molar-refractivity contribution in [3.63, 3.8) is 0 Å². The molecule has 5 heterocycles. The molecule has 0 unspecified atom stereocenters. The Hall–Kier alpha value is -2.82. The van der Waals surface area contributed by atoms with Crippen LogP contribution in [0.15, 0.2) is 24.7 Å². The van der Waals surface area contributed by atoms with E-state index in [1.165, 1.54) is 25.7 Å². The quantitative estimate of drug-likeness (QED) is 0.591. The summed E-state index contributed by atoms with van der Waals surface area (Å²) in [4.78, 5) is 23.9. The molecule has 0 aromatic carbocycles. The first-order valence-electron chi connectivity index (χ1n) is 12.4. The van der Waals surface area contributed by atoms with Gasteiger partial charge >= 0.3 is 0 Å². The van der Waals surface area contributed by atoms with Crippen molar-refractivity contribution in [1.82, 2.24) is 29.4 Å². The average Bonchev–Trinajstić information content (AvgIpc) is 3.56. The topological polar surface area (TPSA) is 93.5 Å². The summed E-state index contributed by atoms with van der Waals surface area (Å²) in [6.45, 7) is 7.31. The smallest absolute Gasteiger partial charge is 0.229 e. The zero-order valence-corrected chi connectivity index (χ0v) is 19.5. The standard InChI is InChI=1S/C24H32N8O2/c1-2-4-20(3-1)32-17-26-21-22(28-24(29-23(21)32)31-9-13-34-14-10-31)27-18-5-6-19(25-15-18)16-30-7-11-33-12-8-30/h5-6,15,17,20H,1-4,7-14,16H2,(H,27,28,29). The number of pyridine rings is 1. The molecule has 3 aromatic heterocycles. The largest absolute Gasteiger partial charge is 0.379 e. The van der Waals surface area contributed by atoms with Crippen molar-refractivity contribution in [3.8, 4) is 0 Å². The van der Waals surface area contributed by atoms with E-state index in [0.717, 1.165) is 80.2 Å². The van der Waals surface area contributed by atoms with E-state index >= 15 is 0 Å². The highest BCUT2D eigenvalue weighted by molar-refractivity contribution is 5.86. The van der Waals surface area contributed by atoms with Crippen molar-refractivity contribution in [3.05, 3.63) is 30.4 Å². The molecule has 0 spiro atoms. The van der Waals surface area contributed by atoms with Gasteiger partial charge in [0, 0.05) is 38.8 Å². The number of aromatic nitrogens is 5. The first-order chi connectivity index (χ1) is 16.8. The van der Waals surface area contributed by atoms with E-state index in [1.54, 1.807) is 0 Å². The number of nitrogens with one attached hydrogen (secondary N) is 1. The van der Waals surface area contributed by atoms with Gasteiger partial charge in [-0.05, 0) is 25.0 Å². The predicted molar refractivity (Wildman–Crippen MR) is 129 cm³/mol. The molecule has 2 aliphatic heterocycles. The van der Waals surface area contributed by atoms with E-state index in [1.807, 2.05) is 12.5 Å². The minimum Gasteiger partial charge on any atom is -0.379 e. The molecule has 1 N–H and O–H groups in total. The molecule has 2 saturated heterocycles. The van der Waals surface area contributed by atoms with Crippen LogP contribution >= 0.6 is 0 Å². The van der Waals surface area contributed by atoms with Crippen molar-refractivity contribution < 1.29 is 9.47 Å². The summed E-state index contributed by atoms with van der Waals surface area (Å²) < 4.78 is 13.2. The molecule has 180 valence electrons. The van der Waals surface area contributed by atoms with Crippen LogP contribution in [0.2, 0.25) is 0 Å². The van der Waals surface area contributed by atoms with Gasteiger partial charge < -0.3 is 24.3 Å². The Labute approximate surface area is 199 Å². The van der Waals surface area contributed by atoms with Gasteiger partial charge in [0.2, 0.25) is 5.95 Å². The first-order valence-corrected chi connectivity index (χ1v) is 12.4. The number of hydrogen-bond donors (Lipinski definition) is 1. The number of rotatable bonds is 6. The maximum absolute atomic E-state index is 5.54. The Morgan fingerprint density at radius 1 is 0.912 bits per heavy atom. The second kappa shape index (κ2) is 9.81. The lowest BCUT2D eigenvalue weighted by Crippen LogP contribution is -2.37. The maximum atomic E-state index is 5.54. The van der Waals surface area contributed by atoms with Crippen LogP contribution in [0, 0.1) is 0 Å². The number of ether oxygens (including phenoxy) is 2. The van der Waals surface area contributed by atoms with Crippen LogP contribution in [0.1, 0.15) is 37.4 Å². The lowest BCUT2D eigenvalue weighted by molar-refractivity contribution is 0.0336. The van der Waals surface area contributed by atoms with E-state index in [4.69, 9.17) is 24.4 Å². The van der Waals surface area contributed by atoms with Crippen LogP contribution in [0.3, 0.4) is 0 Å². The lowest BCUT2D eigenvalue weighted by atomic mass is 10.2. The van der Waals surface area contributed by atoms with Crippen molar-refractivity contribution in [2.24, 2.45) is 0 Å². The molecule has 10 heteroatoms. The molecule has 3 fully saturated rings. The van der Waals surface area contributed by atoms with Crippen LogP contribution < -0.4 is 10.2 Å². The molecule has 6 rings (SSSR count). The fraction of sp³-hybridized carbons (Fsp3) is 0.583. The number of nitrogens with zero attached hydrogens (tertiary/aromatic N) is 7. The normalized spacial score (nSPS) is 20.3. The highest BCUT2D eigenvalue weighted by Gasteiger charge is 2.24. The van der Waals surface area contributed by atoms with Crippen molar-refractivity contribution in [2.75, 3.05) is 62.8 Å². The number of anilines is 3. The molecule has 3 aromatic rings. The fourth-order valence-electron chi connectivity index (χ4n) is 5.06. The fourth-order valence-corrected chi connectivity index (χ4v) is 5.06. The third kappa shape index (κ3) is 4.57. The van der Waals surface area contributed by atoms with Gasteiger partial charge in [-0.15, -0.1) is 0 Å². The Morgan fingerprint density at radius 2 is 1.68 bits per heavy atom. The summed E-state index contributed by atoms with van der Waals surface area (Å²) in [7, 11) is 0. The highest BCUT2D eigenvalue weighted by Crippen LogP contribution is 2.34. The molecular formula is C24H32N8O2. The summed E-state index contributed by atoms with van der Waals surface area (Å²) in [6, 6.07) is 4.61. The van der Waals surface area contributed by atoms with Crippen molar-refractivity contribution in [2.45, 2.75) is 38.3 Å². The number of imidazole rings is 1. The van der Waals surface area contributed by atoms with Crippen LogP contribution in [-0.2, 0) is 16.0 Å². The number of morpholine rings is 2. The van der Waals surface area contributed by atoms with Crippen molar-refractivity contribution >= 4 is 28.6 Å². The number of hydrogen-bond acceptors (Lipinski definition) is 9. The first kappa shape index (κ1) is 21.7. The number of fused-ring (bicyclic) bond motifs is 1. The second-order valence-corrected chi connectivity index (χ2v) is 9.29. The summed E-state index contributed by atoms with van der Waals surface area (Å²) in [6.07, 6.45) is 8.71. The minimum atomic E-state index is 0.464. The SMILES string of the molecule is c1cc(CN2CCOCC2)ncc1Nc1nc(N2CCOCC2)nc2c1ncn2C1CCCC1. The van der Waals surface area contributed by atoms with Gasteiger partial charge in [0.05, 0.1) is 50.3 Å². The third-order valence-corrected chi connectivity index (χ3v) is 7.00. The molecule has 1 aliphatic carbocycles. The molecule has 34 heavy (non-hydrogen) atoms. The van der Waals surface area contributed by atoms with E-state index in [0.29, 0.717) is 19.3 Å². The summed E-state index contributed by atoms with van der Waals surface area (Å²) >= 11 is 0. The van der Waals surface area contributed by atoms with Crippen LogP contribution in [0.4, 0.5) is 17.5 Å². The predicted octanol–water partition coefficient (Wildman–Crippen LogP) is 2.75. The van der Waals surface area contributed by atoms with E-state index in [-0.39, 0.29) is 0 Å². The summed E-state index contributed by atoms with van der Waals surface area (Å²) in [5.74, 6) is 1.46. The zero-order chi connectivity index (χ0) is 22.7. The van der Waals surface area contributed by atoms with Crippen LogP contribution in [-0.4, -0.2) is 82.0 Å². The van der Waals surface area contributed by atoms with Crippen LogP contribution in [0.25, 0.3) is 11.2 Å². The molecular weight excluding hydrogens is 432 g/mol. The maximum Gasteiger partial charge on any atom is 0.229 e. The van der Waals surface area contributed by atoms with E-state index < -0.39 is 0 Å². The molecule has 10 nitrogen and oxygen atoms in total. The van der Waals surface area contributed by atoms with Gasteiger partial charge in [-0.25, -0.2) is 4.98 Å². The monoisotopic (exact) mass is 464 g/mol. The Bertz CT molecular complexity index is 1100. The lowest BCUT2D eigenvalue weighted by Gasteiger charge is -2.27. The molecule has 3 aliphatic rings. The minimum absolute atomic E-state index is 0.464. The Balaban J connectivity index is 1.28. The Morgan fingerprint density at radius 3 is 2.41 bits per heavy atom. The zero-order valence-electron chi connectivity index (χ0n) is 19.5. The van der Waals surface area contributed by atoms with Gasteiger partial charge in [-0.1, -0.05) is 12.8 Å². The highest BCUT2D eigenvalue weighted by atomic mass is 16.5. The molecule has 0 atom stereocenters. The Kier molecular flexibility index (Phi) is 6.26. The summed E-state index contributed by atoms with van der Waals surface area (Å²) in [5, 5.41) is 3.48. The van der Waals surface area contributed by atoms with Gasteiger partial charge in [-0.3, -0.25) is 9.88 Å². The van der Waals surface area contributed by atoms with Crippen molar-refractivity contribution in [1.29, 1.82) is 0 Å². The average molecular weight is 465 g/mol. The summed E-state index contributed by atoms with van der Waals surface area (Å²) in [5.41, 5.74) is 3.66. The van der Waals surface area contributed by atoms with Gasteiger partial charge in [-0.2, -0.15) is 9.97 Å². The van der Waals surface area contributed by atoms with E-state index in [9.17, 15) is 0 Å². The molecule has 0 amide bonds. The molecule has 0 radical (unpaired) electrons. The van der Waals surface area contributed by atoms with E-state index in [2.05, 4.69) is 36.8 Å². The molecule has 1 saturated carbocycles. The van der Waals surface area contributed by atoms with Crippen LogP contribution in [0.5, 0.6) is 0 Å². The van der Waals surface area contributed by atoms with Gasteiger partial charge in [0.15, 0.2) is 17.0 Å². The molecule has 0 bridgehead atoms. The van der Waals surface area contributed by atoms with Gasteiger partial charge in [0.25, 0.3) is 0 Å².